The largest absolute Gasteiger partial charge is 0.382 e. The molecule has 0 unspecified atom stereocenters. The first kappa shape index (κ1) is 23.7. The SMILES string of the molecule is C=C(C)C(=O)Nc1ccc(-c2cn3ncnc(N)c3c2-c2ccc(S(=O)(=O)N3CCCC3)cc2)cc1. The van der Waals surface area contributed by atoms with Gasteiger partial charge in [0.2, 0.25) is 10.0 Å². The topological polar surface area (TPSA) is 123 Å². The highest BCUT2D eigenvalue weighted by atomic mass is 32.2. The number of aromatic nitrogens is 3. The fourth-order valence-corrected chi connectivity index (χ4v) is 5.90. The molecule has 9 nitrogen and oxygen atoms in total. The number of anilines is 2. The number of fused-ring (bicyclic) bond motifs is 1. The lowest BCUT2D eigenvalue weighted by molar-refractivity contribution is -0.112. The third-order valence-corrected chi connectivity index (χ3v) is 8.20. The summed E-state index contributed by atoms with van der Waals surface area (Å²) in [5.74, 6) is 0.0652. The van der Waals surface area contributed by atoms with Gasteiger partial charge in [0.1, 0.15) is 11.8 Å². The van der Waals surface area contributed by atoms with Gasteiger partial charge in [-0.05, 0) is 55.2 Å². The summed E-state index contributed by atoms with van der Waals surface area (Å²) in [5.41, 5.74) is 11.2. The molecule has 3 heterocycles. The van der Waals surface area contributed by atoms with Gasteiger partial charge in [0.15, 0.2) is 5.82 Å². The quantitative estimate of drug-likeness (QED) is 0.385. The number of nitrogens with one attached hydrogen (secondary N) is 1. The van der Waals surface area contributed by atoms with E-state index >= 15 is 0 Å². The first-order chi connectivity index (χ1) is 17.3. The molecular formula is C26H26N6O3S. The second-order valence-corrected chi connectivity index (χ2v) is 10.7. The predicted molar refractivity (Wildman–Crippen MR) is 140 cm³/mol. The maximum absolute atomic E-state index is 13.0. The molecule has 36 heavy (non-hydrogen) atoms. The van der Waals surface area contributed by atoms with Crippen LogP contribution in [0.2, 0.25) is 0 Å². The molecule has 4 aromatic rings. The van der Waals surface area contributed by atoms with Crippen LogP contribution in [0, 0.1) is 0 Å². The van der Waals surface area contributed by atoms with Gasteiger partial charge in [0, 0.05) is 41.7 Å². The van der Waals surface area contributed by atoms with Crippen LogP contribution in [0.15, 0.2) is 78.1 Å². The lowest BCUT2D eigenvalue weighted by Crippen LogP contribution is -2.27. The smallest absolute Gasteiger partial charge is 0.250 e. The van der Waals surface area contributed by atoms with Crippen LogP contribution in [0.5, 0.6) is 0 Å². The molecule has 1 fully saturated rings. The molecular weight excluding hydrogens is 476 g/mol. The van der Waals surface area contributed by atoms with Crippen LogP contribution in [-0.2, 0) is 14.8 Å². The van der Waals surface area contributed by atoms with Crippen molar-refractivity contribution in [1.29, 1.82) is 0 Å². The molecule has 2 aromatic heterocycles. The first-order valence-electron chi connectivity index (χ1n) is 11.6. The van der Waals surface area contributed by atoms with E-state index in [4.69, 9.17) is 5.73 Å². The zero-order valence-electron chi connectivity index (χ0n) is 19.8. The van der Waals surface area contributed by atoms with E-state index < -0.39 is 10.0 Å². The summed E-state index contributed by atoms with van der Waals surface area (Å²) in [5, 5.41) is 7.11. The fraction of sp³-hybridized carbons (Fsp3) is 0.192. The van der Waals surface area contributed by atoms with Crippen LogP contribution in [0.1, 0.15) is 19.8 Å². The van der Waals surface area contributed by atoms with Crippen molar-refractivity contribution >= 4 is 33.0 Å². The summed E-state index contributed by atoms with van der Waals surface area (Å²) >= 11 is 0. The Hall–Kier alpha value is -4.02. The number of rotatable bonds is 6. The molecule has 1 aliphatic heterocycles. The van der Waals surface area contributed by atoms with E-state index in [1.165, 1.54) is 10.6 Å². The highest BCUT2D eigenvalue weighted by Gasteiger charge is 2.27. The second kappa shape index (κ2) is 9.21. The summed E-state index contributed by atoms with van der Waals surface area (Å²) in [6.07, 6.45) is 5.01. The molecule has 184 valence electrons. The maximum Gasteiger partial charge on any atom is 0.250 e. The van der Waals surface area contributed by atoms with E-state index in [-0.39, 0.29) is 10.8 Å². The standard InChI is InChI=1S/C26H26N6O3S/c1-17(2)26(33)30-20-9-5-18(6-10-20)22-15-32-24(25(27)28-16-29-32)23(22)19-7-11-21(12-8-19)36(34,35)31-13-3-4-14-31/h5-12,15-16H,1,3-4,13-14H2,2H3,(H,30,33)(H2,27,28,29). The average molecular weight is 503 g/mol. The number of carbonyl (C=O) groups excluding carboxylic acids is 1. The van der Waals surface area contributed by atoms with Gasteiger partial charge in [0.25, 0.3) is 5.91 Å². The van der Waals surface area contributed by atoms with Gasteiger partial charge >= 0.3 is 0 Å². The Balaban J connectivity index is 1.57. The van der Waals surface area contributed by atoms with Crippen molar-refractivity contribution in [1.82, 2.24) is 18.9 Å². The minimum Gasteiger partial charge on any atom is -0.382 e. The Labute approximate surface area is 209 Å². The van der Waals surface area contributed by atoms with E-state index in [1.54, 1.807) is 35.7 Å². The second-order valence-electron chi connectivity index (χ2n) is 8.80. The number of nitrogens with zero attached hydrogens (tertiary/aromatic N) is 4. The number of sulfonamides is 1. The first-order valence-corrected chi connectivity index (χ1v) is 13.0. The zero-order chi connectivity index (χ0) is 25.4. The highest BCUT2D eigenvalue weighted by Crippen LogP contribution is 2.39. The van der Waals surface area contributed by atoms with Crippen molar-refractivity contribution in [3.63, 3.8) is 0 Å². The summed E-state index contributed by atoms with van der Waals surface area (Å²) in [6.45, 7) is 6.41. The number of amides is 1. The van der Waals surface area contributed by atoms with Crippen LogP contribution in [0.25, 0.3) is 27.8 Å². The zero-order valence-corrected chi connectivity index (χ0v) is 20.6. The fourth-order valence-electron chi connectivity index (χ4n) is 4.39. The molecule has 1 amide bonds. The molecule has 0 spiro atoms. The monoisotopic (exact) mass is 502 g/mol. The molecule has 0 aliphatic carbocycles. The van der Waals surface area contributed by atoms with Gasteiger partial charge in [-0.2, -0.15) is 9.40 Å². The number of hydrogen-bond donors (Lipinski definition) is 2. The summed E-state index contributed by atoms with van der Waals surface area (Å²) in [6, 6.07) is 14.2. The van der Waals surface area contributed by atoms with E-state index in [1.807, 2.05) is 30.5 Å². The molecule has 10 heteroatoms. The van der Waals surface area contributed by atoms with Crippen molar-refractivity contribution in [2.24, 2.45) is 0 Å². The van der Waals surface area contributed by atoms with E-state index in [2.05, 4.69) is 22.0 Å². The Morgan fingerprint density at radius 1 is 1.03 bits per heavy atom. The van der Waals surface area contributed by atoms with Gasteiger partial charge in [0.05, 0.1) is 4.90 Å². The molecule has 0 bridgehead atoms. The number of benzene rings is 2. The van der Waals surface area contributed by atoms with Crippen molar-refractivity contribution in [3.8, 4) is 22.3 Å². The van der Waals surface area contributed by atoms with Crippen LogP contribution in [0.3, 0.4) is 0 Å². The number of nitrogens with two attached hydrogens (primary N) is 1. The minimum absolute atomic E-state index is 0.245. The van der Waals surface area contributed by atoms with Gasteiger partial charge < -0.3 is 11.1 Å². The van der Waals surface area contributed by atoms with Crippen LogP contribution < -0.4 is 11.1 Å². The molecule has 3 N–H and O–H groups in total. The van der Waals surface area contributed by atoms with Crippen LogP contribution in [0.4, 0.5) is 11.5 Å². The van der Waals surface area contributed by atoms with E-state index in [9.17, 15) is 13.2 Å². The molecule has 0 radical (unpaired) electrons. The molecule has 0 saturated carbocycles. The maximum atomic E-state index is 13.0. The number of carbonyl (C=O) groups is 1. The highest BCUT2D eigenvalue weighted by molar-refractivity contribution is 7.89. The van der Waals surface area contributed by atoms with E-state index in [0.29, 0.717) is 35.7 Å². The van der Waals surface area contributed by atoms with Crippen molar-refractivity contribution < 1.29 is 13.2 Å². The Morgan fingerprint density at radius 2 is 1.67 bits per heavy atom. The average Bonchev–Trinajstić information content (AvgIpc) is 3.54. The summed E-state index contributed by atoms with van der Waals surface area (Å²) in [4.78, 5) is 16.4. The van der Waals surface area contributed by atoms with Gasteiger partial charge in [-0.3, -0.25) is 4.79 Å². The van der Waals surface area contributed by atoms with Gasteiger partial charge in [-0.25, -0.2) is 17.9 Å². The molecule has 5 rings (SSSR count). The number of hydrogen-bond acceptors (Lipinski definition) is 6. The summed E-state index contributed by atoms with van der Waals surface area (Å²) < 4.78 is 29.2. The van der Waals surface area contributed by atoms with Crippen LogP contribution in [-0.4, -0.2) is 46.3 Å². The summed E-state index contributed by atoms with van der Waals surface area (Å²) in [7, 11) is -3.52. The molecule has 1 aliphatic rings. The Kier molecular flexibility index (Phi) is 6.07. The van der Waals surface area contributed by atoms with Crippen molar-refractivity contribution in [3.05, 3.63) is 73.2 Å². The Bertz CT molecular complexity index is 1570. The molecule has 2 aromatic carbocycles. The van der Waals surface area contributed by atoms with Gasteiger partial charge in [-0.1, -0.05) is 30.8 Å². The van der Waals surface area contributed by atoms with Crippen LogP contribution >= 0.6 is 0 Å². The normalized spacial score (nSPS) is 14.2. The minimum atomic E-state index is -3.52. The third-order valence-electron chi connectivity index (χ3n) is 6.29. The lowest BCUT2D eigenvalue weighted by Gasteiger charge is -2.16. The molecule has 0 atom stereocenters. The van der Waals surface area contributed by atoms with E-state index in [0.717, 1.165) is 35.1 Å². The van der Waals surface area contributed by atoms with Gasteiger partial charge in [-0.15, -0.1) is 0 Å². The Morgan fingerprint density at radius 3 is 2.31 bits per heavy atom. The molecule has 1 saturated heterocycles. The lowest BCUT2D eigenvalue weighted by atomic mass is 9.97. The third kappa shape index (κ3) is 4.25. The predicted octanol–water partition coefficient (Wildman–Crippen LogP) is 3.94. The van der Waals surface area contributed by atoms with Crippen molar-refractivity contribution in [2.75, 3.05) is 24.1 Å². The number of nitrogen functional groups attached to an aromatic ring is 1. The van der Waals surface area contributed by atoms with Crippen molar-refractivity contribution in [2.45, 2.75) is 24.7 Å².